The second-order valence-electron chi connectivity index (χ2n) is 10.0. The molecule has 5 heterocycles. The number of aromatic nitrogens is 6. The second kappa shape index (κ2) is 8.81. The first-order chi connectivity index (χ1) is 18.1. The number of nitrogens with one attached hydrogen (secondary N) is 3. The van der Waals surface area contributed by atoms with Gasteiger partial charge in [-0.2, -0.15) is 5.10 Å². The molecule has 188 valence electrons. The number of benzene rings is 1. The first-order valence-corrected chi connectivity index (χ1v) is 12.8. The Bertz CT molecular complexity index is 1600. The first kappa shape index (κ1) is 22.2. The molecule has 10 heteroatoms. The normalized spacial score (nSPS) is 17.0. The van der Waals surface area contributed by atoms with E-state index in [0.717, 1.165) is 61.0 Å². The van der Waals surface area contributed by atoms with Crippen LogP contribution in [0.15, 0.2) is 42.9 Å². The van der Waals surface area contributed by atoms with Crippen LogP contribution in [-0.4, -0.2) is 54.6 Å². The van der Waals surface area contributed by atoms with Crippen LogP contribution in [0.4, 0.5) is 15.9 Å². The van der Waals surface area contributed by atoms with Gasteiger partial charge in [-0.15, -0.1) is 0 Å². The molecular formula is C27H27FN8O. The van der Waals surface area contributed by atoms with Gasteiger partial charge in [0, 0.05) is 54.0 Å². The van der Waals surface area contributed by atoms with Crippen molar-refractivity contribution in [2.24, 2.45) is 5.92 Å². The molecular weight excluding hydrogens is 471 g/mol. The van der Waals surface area contributed by atoms with Crippen LogP contribution in [0.25, 0.3) is 44.6 Å². The van der Waals surface area contributed by atoms with Crippen molar-refractivity contribution >= 4 is 33.4 Å². The fraction of sp³-hybridized carbons (Fsp3) is 0.333. The van der Waals surface area contributed by atoms with Crippen molar-refractivity contribution < 1.29 is 9.50 Å². The van der Waals surface area contributed by atoms with E-state index < -0.39 is 6.23 Å². The van der Waals surface area contributed by atoms with E-state index in [0.29, 0.717) is 33.8 Å². The summed E-state index contributed by atoms with van der Waals surface area (Å²) in [6.07, 6.45) is 10.00. The maximum Gasteiger partial charge on any atom is 0.159 e. The summed E-state index contributed by atoms with van der Waals surface area (Å²) < 4.78 is 15.2. The third-order valence-corrected chi connectivity index (χ3v) is 7.34. The number of hydrogen-bond donors (Lipinski definition) is 4. The summed E-state index contributed by atoms with van der Waals surface area (Å²) in [6, 6.07) is 6.95. The van der Waals surface area contributed by atoms with E-state index in [4.69, 9.17) is 4.98 Å². The van der Waals surface area contributed by atoms with E-state index in [-0.39, 0.29) is 11.7 Å². The fourth-order valence-corrected chi connectivity index (χ4v) is 5.18. The zero-order valence-corrected chi connectivity index (χ0v) is 20.2. The Morgan fingerprint density at radius 2 is 1.95 bits per heavy atom. The second-order valence-corrected chi connectivity index (χ2v) is 10.0. The van der Waals surface area contributed by atoms with E-state index in [1.165, 1.54) is 12.5 Å². The molecule has 0 spiro atoms. The first-order valence-electron chi connectivity index (χ1n) is 12.8. The molecule has 9 nitrogen and oxygen atoms in total. The predicted octanol–water partition coefficient (Wildman–Crippen LogP) is 4.83. The van der Waals surface area contributed by atoms with Gasteiger partial charge in [-0.05, 0) is 50.3 Å². The minimum atomic E-state index is -0.623. The number of aromatic amines is 2. The molecule has 2 aliphatic rings. The molecule has 1 unspecified atom stereocenters. The van der Waals surface area contributed by atoms with E-state index in [2.05, 4.69) is 35.4 Å². The maximum absolute atomic E-state index is 15.2. The van der Waals surface area contributed by atoms with Gasteiger partial charge >= 0.3 is 0 Å². The lowest BCUT2D eigenvalue weighted by atomic mass is 10.0. The molecule has 0 amide bonds. The van der Waals surface area contributed by atoms with E-state index in [1.807, 2.05) is 6.07 Å². The molecule has 2 fully saturated rings. The zero-order valence-electron chi connectivity index (χ0n) is 20.2. The van der Waals surface area contributed by atoms with Crippen molar-refractivity contribution in [1.82, 2.24) is 30.1 Å². The number of H-pyrrole nitrogens is 2. The summed E-state index contributed by atoms with van der Waals surface area (Å²) in [5, 5.41) is 21.5. The summed E-state index contributed by atoms with van der Waals surface area (Å²) in [5.74, 6) is 1.37. The molecule has 4 aromatic heterocycles. The molecule has 4 N–H and O–H groups in total. The minimum absolute atomic E-state index is 0.264. The van der Waals surface area contributed by atoms with Crippen molar-refractivity contribution in [3.8, 4) is 22.6 Å². The average Bonchev–Trinajstić information content (AvgIpc) is 3.56. The van der Waals surface area contributed by atoms with Crippen LogP contribution in [0.2, 0.25) is 0 Å². The third kappa shape index (κ3) is 4.07. The van der Waals surface area contributed by atoms with Gasteiger partial charge in [-0.3, -0.25) is 10.1 Å². The molecule has 1 aliphatic heterocycles. The number of nitrogens with zero attached hydrogens (tertiary/aromatic N) is 5. The summed E-state index contributed by atoms with van der Waals surface area (Å²) in [6.45, 7) is 1.95. The Hall–Kier alpha value is -4.05. The third-order valence-electron chi connectivity index (χ3n) is 7.34. The minimum Gasteiger partial charge on any atom is -0.374 e. The smallest absolute Gasteiger partial charge is 0.159 e. The number of pyridine rings is 2. The standard InChI is InChI=1S/C27H27FN8O/c28-20-12-22-19(11-18(20)16-10-17(14-29-13-16)31-27(37)15-4-5-15)23(35-34-22)25-32-21-6-7-30-26(24(21)33-25)36-8-2-1-3-9-36/h6-7,10-15,27,31,37H,1-5,8-9H2,(H,32,33)(H,34,35). The van der Waals surface area contributed by atoms with Crippen molar-refractivity contribution in [3.05, 3.63) is 48.7 Å². The van der Waals surface area contributed by atoms with Gasteiger partial charge < -0.3 is 20.3 Å². The highest BCUT2D eigenvalue weighted by molar-refractivity contribution is 5.97. The summed E-state index contributed by atoms with van der Waals surface area (Å²) >= 11 is 0. The van der Waals surface area contributed by atoms with Crippen LogP contribution >= 0.6 is 0 Å². The number of hydrogen-bond acceptors (Lipinski definition) is 7. The topological polar surface area (TPSA) is 119 Å². The van der Waals surface area contributed by atoms with Crippen LogP contribution in [0.5, 0.6) is 0 Å². The Kier molecular flexibility index (Phi) is 5.28. The highest BCUT2D eigenvalue weighted by Gasteiger charge is 2.29. The van der Waals surface area contributed by atoms with E-state index in [1.54, 1.807) is 30.7 Å². The number of aliphatic hydroxyl groups is 1. The molecule has 1 aromatic carbocycles. The number of aliphatic hydroxyl groups excluding tert-OH is 1. The SMILES string of the molecule is OC(Nc1cncc(-c2cc3c(-c4nc5c(N6CCCCC6)nccc5[nH]4)n[nH]c3cc2F)c1)C1CC1. The Labute approximate surface area is 212 Å². The number of anilines is 2. The maximum atomic E-state index is 15.2. The van der Waals surface area contributed by atoms with E-state index in [9.17, 15) is 5.11 Å². The number of piperidine rings is 1. The monoisotopic (exact) mass is 498 g/mol. The van der Waals surface area contributed by atoms with Gasteiger partial charge in [-0.1, -0.05) is 0 Å². The Balaban J connectivity index is 1.28. The number of rotatable bonds is 6. The van der Waals surface area contributed by atoms with Crippen LogP contribution in [0.3, 0.4) is 0 Å². The van der Waals surface area contributed by atoms with Crippen molar-refractivity contribution in [1.29, 1.82) is 0 Å². The van der Waals surface area contributed by atoms with Crippen LogP contribution in [-0.2, 0) is 0 Å². The summed E-state index contributed by atoms with van der Waals surface area (Å²) in [5.41, 5.74) is 4.57. The molecule has 5 aromatic rings. The molecule has 1 saturated heterocycles. The Morgan fingerprint density at radius 3 is 2.78 bits per heavy atom. The van der Waals surface area contributed by atoms with Gasteiger partial charge in [0.25, 0.3) is 0 Å². The summed E-state index contributed by atoms with van der Waals surface area (Å²) in [7, 11) is 0. The van der Waals surface area contributed by atoms with Gasteiger partial charge in [0.2, 0.25) is 0 Å². The molecule has 0 bridgehead atoms. The van der Waals surface area contributed by atoms with Crippen molar-refractivity contribution in [3.63, 3.8) is 0 Å². The number of halogens is 1. The molecule has 0 radical (unpaired) electrons. The van der Waals surface area contributed by atoms with Gasteiger partial charge in [0.15, 0.2) is 11.6 Å². The van der Waals surface area contributed by atoms with Gasteiger partial charge in [0.05, 0.1) is 22.9 Å². The van der Waals surface area contributed by atoms with Gasteiger partial charge in [0.1, 0.15) is 23.3 Å². The lowest BCUT2D eigenvalue weighted by Gasteiger charge is -2.27. The van der Waals surface area contributed by atoms with Crippen LogP contribution in [0.1, 0.15) is 32.1 Å². The summed E-state index contributed by atoms with van der Waals surface area (Å²) in [4.78, 5) is 19.5. The Morgan fingerprint density at radius 1 is 1.08 bits per heavy atom. The quantitative estimate of drug-likeness (QED) is 0.248. The number of imidazole rings is 1. The number of fused-ring (bicyclic) bond motifs is 2. The highest BCUT2D eigenvalue weighted by atomic mass is 19.1. The molecule has 1 saturated carbocycles. The van der Waals surface area contributed by atoms with Crippen molar-refractivity contribution in [2.45, 2.75) is 38.3 Å². The predicted molar refractivity (Wildman–Crippen MR) is 141 cm³/mol. The largest absolute Gasteiger partial charge is 0.374 e. The average molecular weight is 499 g/mol. The zero-order chi connectivity index (χ0) is 24.9. The van der Waals surface area contributed by atoms with Crippen LogP contribution in [0, 0.1) is 11.7 Å². The van der Waals surface area contributed by atoms with Crippen LogP contribution < -0.4 is 10.2 Å². The molecule has 7 rings (SSSR count). The lowest BCUT2D eigenvalue weighted by Crippen LogP contribution is -2.30. The highest BCUT2D eigenvalue weighted by Crippen LogP contribution is 2.36. The lowest BCUT2D eigenvalue weighted by molar-refractivity contribution is 0.180. The molecule has 1 atom stereocenters. The van der Waals surface area contributed by atoms with E-state index >= 15 is 4.39 Å². The van der Waals surface area contributed by atoms with Crippen molar-refractivity contribution in [2.75, 3.05) is 23.3 Å². The molecule has 1 aliphatic carbocycles. The van der Waals surface area contributed by atoms with Gasteiger partial charge in [-0.25, -0.2) is 14.4 Å². The molecule has 37 heavy (non-hydrogen) atoms. The fourth-order valence-electron chi connectivity index (χ4n) is 5.18.